The molecule has 0 N–H and O–H groups in total. The summed E-state index contributed by atoms with van der Waals surface area (Å²) in [4.78, 5) is 0. The fourth-order valence-corrected chi connectivity index (χ4v) is 1.91. The quantitative estimate of drug-likeness (QED) is 0.802. The molecule has 0 aromatic heterocycles. The van der Waals surface area contributed by atoms with Crippen molar-refractivity contribution in [2.75, 3.05) is 7.11 Å². The van der Waals surface area contributed by atoms with Crippen LogP contribution in [0.4, 0.5) is 0 Å². The number of nitrogens with zero attached hydrogens (tertiary/aromatic N) is 1. The smallest absolute Gasteiger partial charge is 0.126 e. The number of nitriles is 1. The van der Waals surface area contributed by atoms with Crippen molar-refractivity contribution in [3.63, 3.8) is 0 Å². The van der Waals surface area contributed by atoms with Crippen molar-refractivity contribution in [1.82, 2.24) is 0 Å². The predicted molar refractivity (Wildman–Crippen MR) is 68.2 cm³/mol. The molecule has 0 spiro atoms. The number of rotatable bonds is 2. The van der Waals surface area contributed by atoms with E-state index in [1.165, 1.54) is 0 Å². The van der Waals surface area contributed by atoms with Crippen LogP contribution in [0.5, 0.6) is 5.75 Å². The van der Waals surface area contributed by atoms with E-state index < -0.39 is 0 Å². The van der Waals surface area contributed by atoms with Crippen molar-refractivity contribution < 1.29 is 4.74 Å². The zero-order chi connectivity index (χ0) is 12.3. The molecule has 2 aromatic carbocycles. The number of halogens is 1. The lowest BCUT2D eigenvalue weighted by Gasteiger charge is -2.10. The monoisotopic (exact) mass is 243 g/mol. The summed E-state index contributed by atoms with van der Waals surface area (Å²) < 4.78 is 5.29. The molecule has 2 rings (SSSR count). The van der Waals surface area contributed by atoms with E-state index in [-0.39, 0.29) is 0 Å². The summed E-state index contributed by atoms with van der Waals surface area (Å²) in [6, 6.07) is 14.9. The summed E-state index contributed by atoms with van der Waals surface area (Å²) in [6.45, 7) is 0. The molecule has 0 unspecified atom stereocenters. The Labute approximate surface area is 105 Å². The Kier molecular flexibility index (Phi) is 3.32. The Morgan fingerprint density at radius 1 is 1.12 bits per heavy atom. The van der Waals surface area contributed by atoms with Gasteiger partial charge in [0.2, 0.25) is 0 Å². The van der Waals surface area contributed by atoms with Crippen LogP contribution in [0.2, 0.25) is 5.02 Å². The molecule has 0 aliphatic carbocycles. The van der Waals surface area contributed by atoms with Gasteiger partial charge in [0.25, 0.3) is 0 Å². The van der Waals surface area contributed by atoms with Crippen LogP contribution in [-0.4, -0.2) is 7.11 Å². The summed E-state index contributed by atoms with van der Waals surface area (Å²) in [7, 11) is 1.60. The first kappa shape index (κ1) is 11.5. The molecule has 2 aromatic rings. The van der Waals surface area contributed by atoms with Gasteiger partial charge in [-0.05, 0) is 24.3 Å². The van der Waals surface area contributed by atoms with E-state index in [0.29, 0.717) is 16.3 Å². The van der Waals surface area contributed by atoms with Crippen LogP contribution in [0.3, 0.4) is 0 Å². The maximum atomic E-state index is 8.92. The van der Waals surface area contributed by atoms with Gasteiger partial charge in [-0.3, -0.25) is 0 Å². The standard InChI is InChI=1S/C14H10ClNO/c1-17-14-7-6-10(9-16)8-12(14)11-4-2-3-5-13(11)15/h2-8H,1H3. The second-order valence-corrected chi connectivity index (χ2v) is 3.91. The van der Waals surface area contributed by atoms with Gasteiger partial charge in [0.1, 0.15) is 5.75 Å². The fraction of sp³-hybridized carbons (Fsp3) is 0.0714. The normalized spacial score (nSPS) is 9.71. The number of benzene rings is 2. The maximum Gasteiger partial charge on any atom is 0.126 e. The van der Waals surface area contributed by atoms with Crippen molar-refractivity contribution in [3.05, 3.63) is 53.1 Å². The molecule has 0 atom stereocenters. The average Bonchev–Trinajstić information content (AvgIpc) is 2.38. The third-order valence-corrected chi connectivity index (χ3v) is 2.82. The van der Waals surface area contributed by atoms with Gasteiger partial charge < -0.3 is 4.74 Å². The van der Waals surface area contributed by atoms with E-state index >= 15 is 0 Å². The Bertz CT molecular complexity index is 587. The van der Waals surface area contributed by atoms with E-state index in [4.69, 9.17) is 21.6 Å². The van der Waals surface area contributed by atoms with Crippen LogP contribution in [0.15, 0.2) is 42.5 Å². The van der Waals surface area contributed by atoms with Gasteiger partial charge in [0.05, 0.1) is 18.7 Å². The molecule has 0 bridgehead atoms. The summed E-state index contributed by atoms with van der Waals surface area (Å²) in [5, 5.41) is 9.56. The first-order valence-corrected chi connectivity index (χ1v) is 5.47. The van der Waals surface area contributed by atoms with Gasteiger partial charge in [-0.1, -0.05) is 29.8 Å². The molecule has 17 heavy (non-hydrogen) atoms. The van der Waals surface area contributed by atoms with Crippen LogP contribution in [-0.2, 0) is 0 Å². The molecule has 0 amide bonds. The second kappa shape index (κ2) is 4.90. The highest BCUT2D eigenvalue weighted by molar-refractivity contribution is 6.33. The first-order valence-electron chi connectivity index (χ1n) is 5.09. The Hall–Kier alpha value is -1.98. The minimum Gasteiger partial charge on any atom is -0.496 e. The van der Waals surface area contributed by atoms with Crippen molar-refractivity contribution in [1.29, 1.82) is 5.26 Å². The lowest BCUT2D eigenvalue weighted by molar-refractivity contribution is 0.416. The number of hydrogen-bond acceptors (Lipinski definition) is 2. The lowest BCUT2D eigenvalue weighted by atomic mass is 10.0. The van der Waals surface area contributed by atoms with Crippen molar-refractivity contribution >= 4 is 11.6 Å². The highest BCUT2D eigenvalue weighted by Gasteiger charge is 2.09. The molecule has 2 nitrogen and oxygen atoms in total. The van der Waals surface area contributed by atoms with Crippen LogP contribution in [0.25, 0.3) is 11.1 Å². The third kappa shape index (κ3) is 2.25. The van der Waals surface area contributed by atoms with Crippen LogP contribution in [0, 0.1) is 11.3 Å². The fourth-order valence-electron chi connectivity index (χ4n) is 1.67. The van der Waals surface area contributed by atoms with Crippen molar-refractivity contribution in [2.24, 2.45) is 0 Å². The Morgan fingerprint density at radius 2 is 1.88 bits per heavy atom. The van der Waals surface area contributed by atoms with E-state index in [1.807, 2.05) is 24.3 Å². The van der Waals surface area contributed by atoms with Crippen molar-refractivity contribution in [2.45, 2.75) is 0 Å². The summed E-state index contributed by atoms with van der Waals surface area (Å²) >= 11 is 6.14. The molecule has 0 heterocycles. The van der Waals surface area contributed by atoms with Crippen LogP contribution in [0.1, 0.15) is 5.56 Å². The van der Waals surface area contributed by atoms with E-state index in [0.717, 1.165) is 11.1 Å². The minimum absolute atomic E-state index is 0.584. The number of methoxy groups -OCH3 is 1. The SMILES string of the molecule is COc1ccc(C#N)cc1-c1ccccc1Cl. The van der Waals surface area contributed by atoms with Gasteiger partial charge in [0.15, 0.2) is 0 Å². The molecule has 0 radical (unpaired) electrons. The van der Waals surface area contributed by atoms with E-state index in [2.05, 4.69) is 6.07 Å². The van der Waals surface area contributed by atoms with Crippen molar-refractivity contribution in [3.8, 4) is 22.9 Å². The van der Waals surface area contributed by atoms with Gasteiger partial charge in [0, 0.05) is 16.1 Å². The number of hydrogen-bond donors (Lipinski definition) is 0. The highest BCUT2D eigenvalue weighted by atomic mass is 35.5. The highest BCUT2D eigenvalue weighted by Crippen LogP contribution is 2.35. The summed E-state index contributed by atoms with van der Waals surface area (Å²) in [6.07, 6.45) is 0. The topological polar surface area (TPSA) is 33.0 Å². The first-order chi connectivity index (χ1) is 8.26. The molecule has 0 aliphatic heterocycles. The largest absolute Gasteiger partial charge is 0.496 e. The maximum absolute atomic E-state index is 8.92. The molecular formula is C14H10ClNO. The molecule has 0 saturated carbocycles. The molecule has 0 saturated heterocycles. The molecule has 3 heteroatoms. The van der Waals surface area contributed by atoms with Crippen LogP contribution < -0.4 is 4.74 Å². The zero-order valence-corrected chi connectivity index (χ0v) is 10.0. The lowest BCUT2D eigenvalue weighted by Crippen LogP contribution is -1.89. The van der Waals surface area contributed by atoms with Gasteiger partial charge in [-0.2, -0.15) is 5.26 Å². The summed E-state index contributed by atoms with van der Waals surface area (Å²) in [5.41, 5.74) is 2.28. The third-order valence-electron chi connectivity index (χ3n) is 2.49. The molecular weight excluding hydrogens is 234 g/mol. The second-order valence-electron chi connectivity index (χ2n) is 3.51. The van der Waals surface area contributed by atoms with Gasteiger partial charge in [-0.15, -0.1) is 0 Å². The Morgan fingerprint density at radius 3 is 2.53 bits per heavy atom. The van der Waals surface area contributed by atoms with Gasteiger partial charge >= 0.3 is 0 Å². The minimum atomic E-state index is 0.584. The zero-order valence-electron chi connectivity index (χ0n) is 9.27. The van der Waals surface area contributed by atoms with E-state index in [9.17, 15) is 0 Å². The number of ether oxygens (including phenoxy) is 1. The molecule has 0 aliphatic rings. The van der Waals surface area contributed by atoms with E-state index in [1.54, 1.807) is 25.3 Å². The van der Waals surface area contributed by atoms with Crippen LogP contribution >= 0.6 is 11.6 Å². The Balaban J connectivity index is 2.65. The summed E-state index contributed by atoms with van der Waals surface area (Å²) in [5.74, 6) is 0.706. The average molecular weight is 244 g/mol. The molecule has 0 fully saturated rings. The molecule has 84 valence electrons. The predicted octanol–water partition coefficient (Wildman–Crippen LogP) is 3.89. The van der Waals surface area contributed by atoms with Gasteiger partial charge in [-0.25, -0.2) is 0 Å².